The minimum atomic E-state index is -1.20. The van der Waals surface area contributed by atoms with Crippen molar-refractivity contribution in [1.29, 1.82) is 0 Å². The Balaban J connectivity index is 3.19. The average molecular weight is 374 g/mol. The van der Waals surface area contributed by atoms with Crippen molar-refractivity contribution in [3.05, 3.63) is 0 Å². The number of rotatable bonds is 8. The summed E-state index contributed by atoms with van der Waals surface area (Å²) in [5.74, 6) is -3.93. The molecule has 1 N–H and O–H groups in total. The van der Waals surface area contributed by atoms with Crippen molar-refractivity contribution in [2.45, 2.75) is 71.4 Å². The number of carbonyl (C=O) groups excluding carboxylic acids is 3. The predicted molar refractivity (Wildman–Crippen MR) is 87.1 cm³/mol. The van der Waals surface area contributed by atoms with Crippen molar-refractivity contribution >= 4 is 23.9 Å². The fourth-order valence-electron chi connectivity index (χ4n) is 2.46. The van der Waals surface area contributed by atoms with Crippen molar-refractivity contribution in [1.82, 2.24) is 0 Å². The van der Waals surface area contributed by atoms with E-state index >= 15 is 0 Å². The van der Waals surface area contributed by atoms with E-state index in [0.29, 0.717) is 0 Å². The summed E-state index contributed by atoms with van der Waals surface area (Å²) in [5.41, 5.74) is 0. The van der Waals surface area contributed by atoms with E-state index in [1.807, 2.05) is 0 Å². The third-order valence-corrected chi connectivity index (χ3v) is 4.03. The summed E-state index contributed by atoms with van der Waals surface area (Å²) in [6, 6.07) is 0. The molecule has 0 amide bonds. The third kappa shape index (κ3) is 5.69. The first kappa shape index (κ1) is 21.9. The Labute approximate surface area is 151 Å². The Bertz CT molecular complexity index is 530. The number of ether oxygens (including phenoxy) is 4. The smallest absolute Gasteiger partial charge is 0.309 e. The molecule has 1 aliphatic heterocycles. The third-order valence-electron chi connectivity index (χ3n) is 4.03. The lowest BCUT2D eigenvalue weighted by molar-refractivity contribution is -0.234. The molecule has 9 heteroatoms. The van der Waals surface area contributed by atoms with E-state index in [1.54, 1.807) is 20.8 Å². The van der Waals surface area contributed by atoms with Crippen LogP contribution in [0, 0.1) is 5.92 Å². The van der Waals surface area contributed by atoms with Gasteiger partial charge in [-0.25, -0.2) is 0 Å². The molecule has 5 atom stereocenters. The van der Waals surface area contributed by atoms with Crippen molar-refractivity contribution in [2.24, 2.45) is 5.92 Å². The predicted octanol–water partition coefficient (Wildman–Crippen LogP) is 1.07. The highest BCUT2D eigenvalue weighted by Crippen LogP contribution is 2.29. The Kier molecular flexibility index (Phi) is 8.50. The van der Waals surface area contributed by atoms with Crippen molar-refractivity contribution < 1.29 is 43.2 Å². The topological polar surface area (TPSA) is 125 Å². The molecule has 0 bridgehead atoms. The van der Waals surface area contributed by atoms with Crippen molar-refractivity contribution in [3.63, 3.8) is 0 Å². The van der Waals surface area contributed by atoms with E-state index in [2.05, 4.69) is 0 Å². The summed E-state index contributed by atoms with van der Waals surface area (Å²) in [6.45, 7) is 5.98. The van der Waals surface area contributed by atoms with E-state index in [4.69, 9.17) is 18.9 Å². The van der Waals surface area contributed by atoms with Crippen LogP contribution in [-0.4, -0.2) is 60.0 Å². The molecule has 1 fully saturated rings. The fraction of sp³-hybridized carbons (Fsp3) is 0.765. The average Bonchev–Trinajstić information content (AvgIpc) is 2.62. The fourth-order valence-corrected chi connectivity index (χ4v) is 2.46. The van der Waals surface area contributed by atoms with Crippen LogP contribution < -0.4 is 0 Å². The van der Waals surface area contributed by atoms with Crippen LogP contribution in [0.3, 0.4) is 0 Å². The number of aliphatic carboxylic acids is 1. The molecule has 0 aromatic rings. The maximum atomic E-state index is 11.8. The largest absolute Gasteiger partial charge is 0.481 e. The molecule has 1 aliphatic rings. The number of carbonyl (C=O) groups is 4. The van der Waals surface area contributed by atoms with Crippen LogP contribution in [0.5, 0.6) is 0 Å². The van der Waals surface area contributed by atoms with E-state index < -0.39 is 54.2 Å². The first-order valence-electron chi connectivity index (χ1n) is 8.67. The van der Waals surface area contributed by atoms with Gasteiger partial charge in [-0.2, -0.15) is 0 Å². The summed E-state index contributed by atoms with van der Waals surface area (Å²) >= 11 is 0. The highest BCUT2D eigenvalue weighted by molar-refractivity contribution is 5.72. The van der Waals surface area contributed by atoms with Gasteiger partial charge >= 0.3 is 23.9 Å². The lowest BCUT2D eigenvalue weighted by Crippen LogP contribution is -2.60. The monoisotopic (exact) mass is 374 g/mol. The molecule has 26 heavy (non-hydrogen) atoms. The Morgan fingerprint density at radius 3 is 1.85 bits per heavy atom. The highest BCUT2D eigenvalue weighted by atomic mass is 16.6. The standard InChI is InChI=1S/C17H26O9/c1-5-11(18)24-10-8-23-14(9(4)17(21)22)16(26-13(20)7-3)15(10)25-12(19)6-2/h9-10,14-16H,5-8H2,1-4H3,(H,21,22)/t9-,10-,14?,15-,16+/m0/s1. The van der Waals surface area contributed by atoms with E-state index in [0.717, 1.165) is 0 Å². The van der Waals surface area contributed by atoms with Gasteiger partial charge in [0, 0.05) is 19.3 Å². The Morgan fingerprint density at radius 2 is 1.38 bits per heavy atom. The van der Waals surface area contributed by atoms with E-state index in [1.165, 1.54) is 6.92 Å². The number of hydrogen-bond donors (Lipinski definition) is 1. The zero-order valence-corrected chi connectivity index (χ0v) is 15.4. The molecule has 0 aromatic carbocycles. The van der Waals surface area contributed by atoms with Gasteiger partial charge in [0.25, 0.3) is 0 Å². The number of esters is 3. The van der Waals surface area contributed by atoms with Crippen LogP contribution >= 0.6 is 0 Å². The molecule has 1 heterocycles. The summed E-state index contributed by atoms with van der Waals surface area (Å²) in [7, 11) is 0. The first-order chi connectivity index (χ1) is 12.2. The molecule has 1 unspecified atom stereocenters. The molecule has 9 nitrogen and oxygen atoms in total. The molecule has 0 aromatic heterocycles. The van der Waals surface area contributed by atoms with Gasteiger partial charge in [0.05, 0.1) is 12.5 Å². The van der Waals surface area contributed by atoms with Crippen molar-refractivity contribution in [2.75, 3.05) is 6.61 Å². The van der Waals surface area contributed by atoms with Crippen molar-refractivity contribution in [3.8, 4) is 0 Å². The van der Waals surface area contributed by atoms with Crippen LogP contribution in [0.4, 0.5) is 0 Å². The molecular formula is C17H26O9. The van der Waals surface area contributed by atoms with Crippen LogP contribution in [0.25, 0.3) is 0 Å². The van der Waals surface area contributed by atoms with Gasteiger partial charge in [-0.3, -0.25) is 19.2 Å². The molecule has 0 radical (unpaired) electrons. The van der Waals surface area contributed by atoms with Crippen LogP contribution in [0.2, 0.25) is 0 Å². The second-order valence-electron chi connectivity index (χ2n) is 5.92. The minimum Gasteiger partial charge on any atom is -0.481 e. The normalized spacial score (nSPS) is 26.5. The summed E-state index contributed by atoms with van der Waals surface area (Å²) in [5, 5.41) is 9.29. The first-order valence-corrected chi connectivity index (χ1v) is 8.67. The zero-order chi connectivity index (χ0) is 19.9. The summed E-state index contributed by atoms with van der Waals surface area (Å²) in [6.07, 6.45) is -4.20. The van der Waals surface area contributed by atoms with Gasteiger partial charge in [0.1, 0.15) is 6.10 Å². The van der Waals surface area contributed by atoms with Gasteiger partial charge < -0.3 is 24.1 Å². The molecule has 148 valence electrons. The second kappa shape index (κ2) is 10.1. The van der Waals surface area contributed by atoms with Crippen LogP contribution in [-0.2, 0) is 38.1 Å². The highest BCUT2D eigenvalue weighted by Gasteiger charge is 2.50. The SMILES string of the molecule is CCC(=O)O[C@H]1[C@@H](OC(=O)CC)COC([C@H](C)C(=O)O)[C@H]1OC(=O)CC. The summed E-state index contributed by atoms with van der Waals surface area (Å²) < 4.78 is 21.5. The molecule has 1 saturated heterocycles. The quantitative estimate of drug-likeness (QED) is 0.490. The zero-order valence-electron chi connectivity index (χ0n) is 15.4. The van der Waals surface area contributed by atoms with E-state index in [9.17, 15) is 24.3 Å². The van der Waals surface area contributed by atoms with Crippen LogP contribution in [0.1, 0.15) is 47.0 Å². The lowest BCUT2D eigenvalue weighted by Gasteiger charge is -2.42. The number of carboxylic acid groups (broad SMARTS) is 1. The Morgan fingerprint density at radius 1 is 0.923 bits per heavy atom. The molecule has 1 rings (SSSR count). The van der Waals surface area contributed by atoms with Gasteiger partial charge in [0.15, 0.2) is 18.3 Å². The lowest BCUT2D eigenvalue weighted by atomic mass is 9.91. The van der Waals surface area contributed by atoms with Gasteiger partial charge in [-0.1, -0.05) is 20.8 Å². The van der Waals surface area contributed by atoms with Gasteiger partial charge in [0.2, 0.25) is 0 Å². The molecular weight excluding hydrogens is 348 g/mol. The maximum absolute atomic E-state index is 11.8. The minimum absolute atomic E-state index is 0.0402. The maximum Gasteiger partial charge on any atom is 0.309 e. The van der Waals surface area contributed by atoms with Crippen LogP contribution in [0.15, 0.2) is 0 Å². The Hall–Kier alpha value is -2.16. The number of carboxylic acids is 1. The van der Waals surface area contributed by atoms with Gasteiger partial charge in [-0.05, 0) is 6.92 Å². The van der Waals surface area contributed by atoms with Gasteiger partial charge in [-0.15, -0.1) is 0 Å². The second-order valence-corrected chi connectivity index (χ2v) is 5.92. The molecule has 0 aliphatic carbocycles. The number of hydrogen-bond acceptors (Lipinski definition) is 8. The molecule has 0 saturated carbocycles. The van der Waals surface area contributed by atoms with E-state index in [-0.39, 0.29) is 25.9 Å². The molecule has 0 spiro atoms. The summed E-state index contributed by atoms with van der Waals surface area (Å²) in [4.78, 5) is 46.7.